The van der Waals surface area contributed by atoms with E-state index >= 15 is 0 Å². The molecule has 11 heteroatoms. The molecule has 0 unspecified atom stereocenters. The maximum atomic E-state index is 12.5. The van der Waals surface area contributed by atoms with E-state index in [9.17, 15) is 26.3 Å². The van der Waals surface area contributed by atoms with Gasteiger partial charge in [-0.1, -0.05) is 5.16 Å². The van der Waals surface area contributed by atoms with Crippen molar-refractivity contribution in [2.45, 2.75) is 24.8 Å². The number of nitrogens with one attached hydrogen (secondary N) is 1. The van der Waals surface area contributed by atoms with Gasteiger partial charge in [0.1, 0.15) is 0 Å². The van der Waals surface area contributed by atoms with Crippen molar-refractivity contribution >= 4 is 0 Å². The van der Waals surface area contributed by atoms with E-state index in [1.807, 2.05) is 0 Å². The maximum Gasteiger partial charge on any atom is 0.409 e. The molecule has 1 aliphatic heterocycles. The molecule has 120 valence electrons. The van der Waals surface area contributed by atoms with Crippen molar-refractivity contribution in [1.82, 2.24) is 20.4 Å². The summed E-state index contributed by atoms with van der Waals surface area (Å²) in [7, 11) is 0. The lowest BCUT2D eigenvalue weighted by Crippen LogP contribution is -2.43. The zero-order valence-electron chi connectivity index (χ0n) is 10.6. The molecule has 0 saturated carbocycles. The van der Waals surface area contributed by atoms with Crippen molar-refractivity contribution in [1.29, 1.82) is 0 Å². The molecule has 1 fully saturated rings. The molecule has 5 nitrogen and oxygen atoms in total. The van der Waals surface area contributed by atoms with Gasteiger partial charge in [0, 0.05) is 26.2 Å². The highest BCUT2D eigenvalue weighted by Crippen LogP contribution is 2.45. The van der Waals surface area contributed by atoms with Crippen molar-refractivity contribution in [3.05, 3.63) is 11.7 Å². The summed E-state index contributed by atoms with van der Waals surface area (Å²) in [6.07, 6.45) is -11.1. The smallest absolute Gasteiger partial charge is 0.338 e. The Morgan fingerprint density at radius 3 is 2.19 bits per heavy atom. The number of aromatic nitrogens is 2. The molecule has 0 radical (unpaired) electrons. The Morgan fingerprint density at radius 1 is 1.10 bits per heavy atom. The topological polar surface area (TPSA) is 54.2 Å². The van der Waals surface area contributed by atoms with Crippen molar-refractivity contribution < 1.29 is 30.9 Å². The normalized spacial score (nSPS) is 18.4. The van der Waals surface area contributed by atoms with Gasteiger partial charge >= 0.3 is 12.4 Å². The molecule has 1 N–H and O–H groups in total. The van der Waals surface area contributed by atoms with Crippen LogP contribution in [0.4, 0.5) is 26.3 Å². The first-order valence-electron chi connectivity index (χ1n) is 6.07. The van der Waals surface area contributed by atoms with Crippen LogP contribution in [0, 0.1) is 0 Å². The van der Waals surface area contributed by atoms with Crippen LogP contribution >= 0.6 is 0 Å². The monoisotopic (exact) mass is 318 g/mol. The van der Waals surface area contributed by atoms with E-state index in [0.717, 1.165) is 0 Å². The van der Waals surface area contributed by atoms with Crippen LogP contribution in [0.2, 0.25) is 0 Å². The lowest BCUT2D eigenvalue weighted by atomic mass is 10.1. The Kier molecular flexibility index (Phi) is 4.42. The second-order valence-corrected chi connectivity index (χ2v) is 4.59. The summed E-state index contributed by atoms with van der Waals surface area (Å²) in [5, 5.41) is 6.27. The van der Waals surface area contributed by atoms with Gasteiger partial charge in [-0.3, -0.25) is 4.90 Å². The number of rotatable bonds is 3. The molecule has 1 aromatic heterocycles. The molecule has 21 heavy (non-hydrogen) atoms. The Hall–Kier alpha value is -1.36. The van der Waals surface area contributed by atoms with Gasteiger partial charge in [0.05, 0.1) is 6.54 Å². The van der Waals surface area contributed by atoms with Crippen LogP contribution in [0.25, 0.3) is 0 Å². The van der Waals surface area contributed by atoms with E-state index in [0.29, 0.717) is 26.2 Å². The van der Waals surface area contributed by atoms with E-state index in [2.05, 4.69) is 20.0 Å². The van der Waals surface area contributed by atoms with Crippen molar-refractivity contribution in [2.75, 3.05) is 26.2 Å². The van der Waals surface area contributed by atoms with Crippen molar-refractivity contribution in [3.8, 4) is 0 Å². The first-order chi connectivity index (χ1) is 9.68. The quantitative estimate of drug-likeness (QED) is 0.860. The molecular formula is C10H12F6N4O. The number of alkyl halides is 6. The lowest BCUT2D eigenvalue weighted by Gasteiger charge is -2.25. The second kappa shape index (κ2) is 5.79. The molecule has 0 amide bonds. The molecule has 1 saturated heterocycles. The van der Waals surface area contributed by atoms with Crippen molar-refractivity contribution in [3.63, 3.8) is 0 Å². The van der Waals surface area contributed by atoms with Gasteiger partial charge in [0.25, 0.3) is 0 Å². The highest BCUT2D eigenvalue weighted by molar-refractivity contribution is 5.01. The fourth-order valence-electron chi connectivity index (χ4n) is 1.98. The second-order valence-electron chi connectivity index (χ2n) is 4.59. The summed E-state index contributed by atoms with van der Waals surface area (Å²) in [6, 6.07) is 0. The number of hydrogen-bond donors (Lipinski definition) is 1. The zero-order valence-corrected chi connectivity index (χ0v) is 10.6. The van der Waals surface area contributed by atoms with E-state index in [4.69, 9.17) is 0 Å². The van der Waals surface area contributed by atoms with E-state index in [1.165, 1.54) is 0 Å². The Labute approximate surface area is 115 Å². The highest BCUT2D eigenvalue weighted by atomic mass is 19.4. The maximum absolute atomic E-state index is 12.5. The molecule has 0 atom stereocenters. The van der Waals surface area contributed by atoms with E-state index < -0.39 is 24.2 Å². The van der Waals surface area contributed by atoms with Gasteiger partial charge in [-0.2, -0.15) is 31.3 Å². The van der Waals surface area contributed by atoms with Crippen LogP contribution in [0.1, 0.15) is 17.6 Å². The van der Waals surface area contributed by atoms with Crippen molar-refractivity contribution in [2.24, 2.45) is 0 Å². The minimum absolute atomic E-state index is 0.0492. The Morgan fingerprint density at radius 2 is 1.67 bits per heavy atom. The summed E-state index contributed by atoms with van der Waals surface area (Å²) < 4.78 is 79.2. The predicted octanol–water partition coefficient (Wildman–Crippen LogP) is 1.68. The van der Waals surface area contributed by atoms with Crippen LogP contribution in [0.15, 0.2) is 4.52 Å². The summed E-state index contributed by atoms with van der Waals surface area (Å²) in [4.78, 5) is 5.06. The first kappa shape index (κ1) is 16.0. The van der Waals surface area contributed by atoms with Gasteiger partial charge in [-0.15, -0.1) is 0 Å². The minimum Gasteiger partial charge on any atom is -0.338 e. The Balaban J connectivity index is 2.13. The molecule has 1 aromatic rings. The molecule has 2 heterocycles. The third-order valence-corrected chi connectivity index (χ3v) is 2.96. The summed E-state index contributed by atoms with van der Waals surface area (Å²) in [5.41, 5.74) is 0. The third kappa shape index (κ3) is 4.06. The third-order valence-electron chi connectivity index (χ3n) is 2.96. The highest BCUT2D eigenvalue weighted by Gasteiger charge is 2.60. The molecule has 1 aliphatic rings. The lowest BCUT2D eigenvalue weighted by molar-refractivity contribution is -0.259. The van der Waals surface area contributed by atoms with E-state index in [-0.39, 0.29) is 12.4 Å². The number of hydrogen-bond acceptors (Lipinski definition) is 5. The molecule has 0 bridgehead atoms. The zero-order chi connectivity index (χ0) is 15.7. The van der Waals surface area contributed by atoms with Gasteiger partial charge in [-0.25, -0.2) is 0 Å². The summed E-state index contributed by atoms with van der Waals surface area (Å²) in [5.74, 6) is -5.42. The standard InChI is InChI=1S/C10H12F6N4O/c11-9(12,13)7(10(14,15)16)8-18-6(19-21-8)5-20-3-1-17-2-4-20/h7,17H,1-5H2. The molecule has 0 aliphatic carbocycles. The van der Waals surface area contributed by atoms with Crippen LogP contribution in [0.5, 0.6) is 0 Å². The number of nitrogens with zero attached hydrogens (tertiary/aromatic N) is 3. The number of piperazine rings is 1. The Bertz CT molecular complexity index is 451. The van der Waals surface area contributed by atoms with Gasteiger partial charge in [0.15, 0.2) is 5.82 Å². The summed E-state index contributed by atoms with van der Waals surface area (Å²) in [6.45, 7) is 2.61. The minimum atomic E-state index is -5.53. The van der Waals surface area contributed by atoms with Crippen LogP contribution in [-0.2, 0) is 6.54 Å². The fraction of sp³-hybridized carbons (Fsp3) is 0.800. The average Bonchev–Trinajstić information content (AvgIpc) is 2.74. The summed E-state index contributed by atoms with van der Waals surface area (Å²) >= 11 is 0. The van der Waals surface area contributed by atoms with Gasteiger partial charge in [0.2, 0.25) is 11.8 Å². The number of halogens is 6. The first-order valence-corrected chi connectivity index (χ1v) is 6.07. The molecular weight excluding hydrogens is 306 g/mol. The molecule has 2 rings (SSSR count). The fourth-order valence-corrected chi connectivity index (χ4v) is 1.98. The largest absolute Gasteiger partial charge is 0.409 e. The molecule has 0 aromatic carbocycles. The molecule has 0 spiro atoms. The SMILES string of the molecule is FC(F)(F)C(c1nc(CN2CCNCC2)no1)C(F)(F)F. The average molecular weight is 318 g/mol. The predicted molar refractivity (Wildman–Crippen MR) is 57.3 cm³/mol. The van der Waals surface area contributed by atoms with E-state index in [1.54, 1.807) is 4.90 Å². The van der Waals surface area contributed by atoms with Gasteiger partial charge in [-0.05, 0) is 0 Å². The van der Waals surface area contributed by atoms with Crippen LogP contribution < -0.4 is 5.32 Å². The van der Waals surface area contributed by atoms with Gasteiger partial charge < -0.3 is 9.84 Å². The van der Waals surface area contributed by atoms with Crippen LogP contribution in [-0.4, -0.2) is 53.6 Å². The van der Waals surface area contributed by atoms with Crippen LogP contribution in [0.3, 0.4) is 0 Å².